The summed E-state index contributed by atoms with van der Waals surface area (Å²) in [6.45, 7) is 7.78. The van der Waals surface area contributed by atoms with E-state index < -0.39 is 0 Å². The summed E-state index contributed by atoms with van der Waals surface area (Å²) >= 11 is 0. The summed E-state index contributed by atoms with van der Waals surface area (Å²) in [4.78, 5) is 12.0. The molecule has 1 aromatic rings. The summed E-state index contributed by atoms with van der Waals surface area (Å²) in [7, 11) is 4.10. The van der Waals surface area contributed by atoms with Crippen molar-refractivity contribution in [3.05, 3.63) is 35.9 Å². The molecule has 1 unspecified atom stereocenters. The zero-order chi connectivity index (χ0) is 15.4. The average molecular weight is 429 g/mol. The second-order valence-electron chi connectivity index (χ2n) is 6.39. The summed E-state index contributed by atoms with van der Waals surface area (Å²) in [5.74, 6) is 0.974. The first-order valence-electron chi connectivity index (χ1n) is 8.18. The minimum atomic E-state index is 0. The normalized spacial score (nSPS) is 26.5. The Balaban J connectivity index is 0.00000192. The lowest BCUT2D eigenvalue weighted by atomic mass is 10.1. The van der Waals surface area contributed by atoms with E-state index in [4.69, 9.17) is 4.99 Å². The number of nitrogens with zero attached hydrogens (tertiary/aromatic N) is 4. The lowest BCUT2D eigenvalue weighted by molar-refractivity contribution is 0.0153. The van der Waals surface area contributed by atoms with Crippen molar-refractivity contribution in [3.63, 3.8) is 0 Å². The highest BCUT2D eigenvalue weighted by Gasteiger charge is 2.31. The molecule has 0 amide bonds. The fraction of sp³-hybridized carbons (Fsp3) is 0.588. The quantitative estimate of drug-likeness (QED) is 0.445. The fourth-order valence-electron chi connectivity index (χ4n) is 3.23. The highest BCUT2D eigenvalue weighted by Crippen LogP contribution is 2.14. The summed E-state index contributed by atoms with van der Waals surface area (Å²) in [6, 6.07) is 11.0. The molecule has 0 saturated carbocycles. The van der Waals surface area contributed by atoms with Gasteiger partial charge in [-0.15, -0.1) is 24.0 Å². The van der Waals surface area contributed by atoms with Gasteiger partial charge >= 0.3 is 0 Å². The lowest BCUT2D eigenvalue weighted by Gasteiger charge is -2.47. The standard InChI is InChI=1S/C17H27N5.HI/c1-20(2)17(18-12-15-6-4-3-5-7-15)19-13-16-14-21-8-10-22(16)11-9-21;/h3-7,16H,8-14H2,1-2H3,(H,18,19);1H. The molecule has 128 valence electrons. The number of guanidine groups is 1. The van der Waals surface area contributed by atoms with Crippen molar-refractivity contribution in [2.45, 2.75) is 12.6 Å². The molecule has 0 radical (unpaired) electrons. The molecule has 23 heavy (non-hydrogen) atoms. The predicted octanol–water partition coefficient (Wildman–Crippen LogP) is 1.31. The van der Waals surface area contributed by atoms with Crippen molar-refractivity contribution >= 4 is 29.9 Å². The van der Waals surface area contributed by atoms with Crippen molar-refractivity contribution in [3.8, 4) is 0 Å². The van der Waals surface area contributed by atoms with Crippen LogP contribution in [0.4, 0.5) is 0 Å². The van der Waals surface area contributed by atoms with Crippen molar-refractivity contribution in [2.75, 3.05) is 53.4 Å². The zero-order valence-corrected chi connectivity index (χ0v) is 16.4. The van der Waals surface area contributed by atoms with E-state index in [-0.39, 0.29) is 24.0 Å². The Labute approximate surface area is 156 Å². The third-order valence-electron chi connectivity index (χ3n) is 4.57. The number of halogens is 1. The van der Waals surface area contributed by atoms with Crippen LogP contribution in [-0.4, -0.2) is 80.1 Å². The number of hydrogen-bond acceptors (Lipinski definition) is 3. The van der Waals surface area contributed by atoms with E-state index in [9.17, 15) is 0 Å². The van der Waals surface area contributed by atoms with Crippen LogP contribution >= 0.6 is 24.0 Å². The topological polar surface area (TPSA) is 34.1 Å². The maximum atomic E-state index is 4.74. The van der Waals surface area contributed by atoms with Gasteiger partial charge in [-0.25, -0.2) is 4.99 Å². The van der Waals surface area contributed by atoms with Gasteiger partial charge in [0.25, 0.3) is 0 Å². The maximum Gasteiger partial charge on any atom is 0.193 e. The molecule has 2 bridgehead atoms. The van der Waals surface area contributed by atoms with Gasteiger partial charge in [-0.2, -0.15) is 0 Å². The number of aliphatic imine (C=N–C) groups is 1. The van der Waals surface area contributed by atoms with Gasteiger partial charge in [0, 0.05) is 59.4 Å². The summed E-state index contributed by atoms with van der Waals surface area (Å²) < 4.78 is 0. The Hall–Kier alpha value is -0.860. The van der Waals surface area contributed by atoms with Gasteiger partial charge in [-0.3, -0.25) is 9.80 Å². The summed E-state index contributed by atoms with van der Waals surface area (Å²) in [6.07, 6.45) is 0. The second kappa shape index (κ2) is 8.84. The van der Waals surface area contributed by atoms with Crippen LogP contribution in [0.1, 0.15) is 5.56 Å². The molecule has 0 spiro atoms. The van der Waals surface area contributed by atoms with E-state index in [0.29, 0.717) is 6.04 Å². The van der Waals surface area contributed by atoms with Gasteiger partial charge in [-0.05, 0) is 5.56 Å². The maximum absolute atomic E-state index is 4.74. The van der Waals surface area contributed by atoms with E-state index in [2.05, 4.69) is 44.3 Å². The first kappa shape index (κ1) is 18.5. The van der Waals surface area contributed by atoms with Crippen molar-refractivity contribution in [2.24, 2.45) is 4.99 Å². The minimum Gasteiger partial charge on any atom is -0.355 e. The molecular weight excluding hydrogens is 401 g/mol. The monoisotopic (exact) mass is 429 g/mol. The highest BCUT2D eigenvalue weighted by molar-refractivity contribution is 14.0. The van der Waals surface area contributed by atoms with Crippen LogP contribution < -0.4 is 5.32 Å². The van der Waals surface area contributed by atoms with Crippen LogP contribution in [0.25, 0.3) is 0 Å². The number of rotatable bonds is 4. The molecule has 3 heterocycles. The molecule has 1 aromatic carbocycles. The Kier molecular flexibility index (Phi) is 7.10. The van der Waals surface area contributed by atoms with E-state index in [1.807, 2.05) is 20.2 Å². The molecule has 3 aliphatic rings. The first-order chi connectivity index (χ1) is 10.7. The van der Waals surface area contributed by atoms with E-state index >= 15 is 0 Å². The molecule has 0 aromatic heterocycles. The van der Waals surface area contributed by atoms with Crippen molar-refractivity contribution < 1.29 is 0 Å². The first-order valence-corrected chi connectivity index (χ1v) is 8.18. The Morgan fingerprint density at radius 1 is 1.17 bits per heavy atom. The molecule has 6 heteroatoms. The van der Waals surface area contributed by atoms with Gasteiger partial charge < -0.3 is 10.2 Å². The van der Waals surface area contributed by atoms with Gasteiger partial charge in [0.2, 0.25) is 0 Å². The molecule has 5 nitrogen and oxygen atoms in total. The van der Waals surface area contributed by atoms with Crippen LogP contribution in [0, 0.1) is 0 Å². The smallest absolute Gasteiger partial charge is 0.193 e. The van der Waals surface area contributed by atoms with Crippen LogP contribution in [-0.2, 0) is 6.54 Å². The third kappa shape index (κ3) is 5.06. The molecule has 4 rings (SSSR count). The molecule has 1 N–H and O–H groups in total. The van der Waals surface area contributed by atoms with Crippen LogP contribution in [0.3, 0.4) is 0 Å². The number of benzene rings is 1. The van der Waals surface area contributed by atoms with Crippen LogP contribution in [0.15, 0.2) is 35.3 Å². The number of hydrogen-bond donors (Lipinski definition) is 1. The number of nitrogens with one attached hydrogen (secondary N) is 1. The second-order valence-corrected chi connectivity index (χ2v) is 6.39. The highest BCUT2D eigenvalue weighted by atomic mass is 127. The molecule has 1 atom stereocenters. The Morgan fingerprint density at radius 3 is 2.43 bits per heavy atom. The molecule has 3 aliphatic heterocycles. The largest absolute Gasteiger partial charge is 0.355 e. The lowest BCUT2D eigenvalue weighted by Crippen LogP contribution is -2.63. The third-order valence-corrected chi connectivity index (χ3v) is 4.57. The number of fused-ring (bicyclic) bond motifs is 3. The van der Waals surface area contributed by atoms with Crippen molar-refractivity contribution in [1.29, 1.82) is 0 Å². The number of piperazine rings is 3. The van der Waals surface area contributed by atoms with Gasteiger partial charge in [0.1, 0.15) is 0 Å². The molecule has 3 fully saturated rings. The van der Waals surface area contributed by atoms with Crippen LogP contribution in [0.5, 0.6) is 0 Å². The predicted molar refractivity (Wildman–Crippen MR) is 106 cm³/mol. The fourth-order valence-corrected chi connectivity index (χ4v) is 3.23. The van der Waals surface area contributed by atoms with E-state index in [1.165, 1.54) is 38.3 Å². The zero-order valence-electron chi connectivity index (χ0n) is 14.1. The van der Waals surface area contributed by atoms with Gasteiger partial charge in [0.15, 0.2) is 5.96 Å². The summed E-state index contributed by atoms with van der Waals surface area (Å²) in [5, 5.41) is 3.55. The average Bonchev–Trinajstić information content (AvgIpc) is 2.56. The van der Waals surface area contributed by atoms with Crippen LogP contribution in [0.2, 0.25) is 0 Å². The Bertz CT molecular complexity index is 497. The van der Waals surface area contributed by atoms with Gasteiger partial charge in [0.05, 0.1) is 6.54 Å². The minimum absolute atomic E-state index is 0. The van der Waals surface area contributed by atoms with E-state index in [1.54, 1.807) is 0 Å². The SMILES string of the molecule is CN(C)C(=NCc1ccccc1)NCC1CN2CCN1CC2.I. The molecular formula is C17H28IN5. The molecule has 3 saturated heterocycles. The van der Waals surface area contributed by atoms with E-state index in [0.717, 1.165) is 19.0 Å². The molecule has 0 aliphatic carbocycles. The summed E-state index contributed by atoms with van der Waals surface area (Å²) in [5.41, 5.74) is 1.25. The van der Waals surface area contributed by atoms with Gasteiger partial charge in [-0.1, -0.05) is 30.3 Å². The van der Waals surface area contributed by atoms with Crippen molar-refractivity contribution in [1.82, 2.24) is 20.0 Å². The Morgan fingerprint density at radius 2 is 1.87 bits per heavy atom.